The highest BCUT2D eigenvalue weighted by Gasteiger charge is 2.52. The quantitative estimate of drug-likeness (QED) is 0.485. The number of anilines is 1. The Balaban J connectivity index is 1.21. The maximum absolute atomic E-state index is 12.6. The van der Waals surface area contributed by atoms with Gasteiger partial charge in [0.1, 0.15) is 5.54 Å². The van der Waals surface area contributed by atoms with Gasteiger partial charge in [-0.3, -0.25) is 19.3 Å². The summed E-state index contributed by atoms with van der Waals surface area (Å²) in [6.07, 6.45) is 3.87. The molecule has 3 N–H and O–H groups in total. The average molecular weight is 417 g/mol. The van der Waals surface area contributed by atoms with E-state index in [0.717, 1.165) is 23.4 Å². The van der Waals surface area contributed by atoms with E-state index in [0.29, 0.717) is 25.8 Å². The molecule has 1 spiro atoms. The number of thioether (sulfide) groups is 1. The van der Waals surface area contributed by atoms with Crippen molar-refractivity contribution < 1.29 is 19.2 Å². The number of benzene rings is 1. The molecule has 2 aliphatic heterocycles. The number of hydrogen-bond acceptors (Lipinski definition) is 5. The van der Waals surface area contributed by atoms with Crippen LogP contribution in [0.2, 0.25) is 0 Å². The normalized spacial score (nSPS) is 22.4. The van der Waals surface area contributed by atoms with Gasteiger partial charge in [-0.25, -0.2) is 4.79 Å². The Morgan fingerprint density at radius 2 is 1.97 bits per heavy atom. The Hall–Kier alpha value is -2.55. The molecule has 154 valence electrons. The van der Waals surface area contributed by atoms with Gasteiger partial charge in [-0.2, -0.15) is 0 Å². The van der Waals surface area contributed by atoms with E-state index in [4.69, 9.17) is 0 Å². The molecular weight excluding hydrogens is 392 g/mol. The zero-order valence-corrected chi connectivity index (χ0v) is 16.8. The fourth-order valence-electron chi connectivity index (χ4n) is 4.13. The van der Waals surface area contributed by atoms with E-state index < -0.39 is 10.8 Å². The zero-order valence-electron chi connectivity index (χ0n) is 16.0. The van der Waals surface area contributed by atoms with Gasteiger partial charge in [0.05, 0.1) is 10.9 Å². The van der Waals surface area contributed by atoms with Crippen LogP contribution in [-0.2, 0) is 14.4 Å². The molecule has 29 heavy (non-hydrogen) atoms. The Morgan fingerprint density at radius 1 is 1.21 bits per heavy atom. The van der Waals surface area contributed by atoms with Crippen LogP contribution in [0.15, 0.2) is 29.2 Å². The van der Waals surface area contributed by atoms with E-state index in [1.54, 1.807) is 0 Å². The molecule has 4 rings (SSSR count). The highest BCUT2D eigenvalue weighted by Crippen LogP contribution is 2.37. The maximum Gasteiger partial charge on any atom is 0.325 e. The lowest BCUT2D eigenvalue weighted by Gasteiger charge is -2.23. The number of rotatable bonds is 6. The highest BCUT2D eigenvalue weighted by atomic mass is 32.2. The number of urea groups is 1. The molecule has 1 aromatic rings. The number of nitrogens with one attached hydrogen (secondary N) is 3. The Labute approximate surface area is 173 Å². The van der Waals surface area contributed by atoms with E-state index >= 15 is 0 Å². The summed E-state index contributed by atoms with van der Waals surface area (Å²) in [5.74, 6) is -0.535. The summed E-state index contributed by atoms with van der Waals surface area (Å²) < 4.78 is 0. The van der Waals surface area contributed by atoms with Crippen LogP contribution >= 0.6 is 11.8 Å². The summed E-state index contributed by atoms with van der Waals surface area (Å²) in [6, 6.07) is 7.16. The van der Waals surface area contributed by atoms with Crippen molar-refractivity contribution in [2.45, 2.75) is 54.2 Å². The van der Waals surface area contributed by atoms with Crippen molar-refractivity contribution in [1.82, 2.24) is 15.5 Å². The molecule has 8 nitrogen and oxygen atoms in total. The molecule has 0 aromatic heterocycles. The van der Waals surface area contributed by atoms with Crippen LogP contribution in [0.5, 0.6) is 0 Å². The van der Waals surface area contributed by atoms with Gasteiger partial charge in [-0.15, -0.1) is 11.8 Å². The van der Waals surface area contributed by atoms with E-state index in [9.17, 15) is 19.2 Å². The third-order valence-corrected chi connectivity index (χ3v) is 6.94. The van der Waals surface area contributed by atoms with Gasteiger partial charge in [-0.1, -0.05) is 25.0 Å². The number of amides is 5. The van der Waals surface area contributed by atoms with Crippen molar-refractivity contribution in [3.05, 3.63) is 24.3 Å². The molecule has 1 saturated heterocycles. The Kier molecular flexibility index (Phi) is 5.49. The van der Waals surface area contributed by atoms with Crippen molar-refractivity contribution >= 4 is 41.2 Å². The van der Waals surface area contributed by atoms with Crippen LogP contribution in [0.4, 0.5) is 10.5 Å². The molecule has 0 radical (unpaired) electrons. The number of imide groups is 1. The summed E-state index contributed by atoms with van der Waals surface area (Å²) in [4.78, 5) is 51.3. The number of nitrogens with zero attached hydrogens (tertiary/aromatic N) is 1. The molecule has 2 fully saturated rings. The van der Waals surface area contributed by atoms with Gasteiger partial charge in [0.2, 0.25) is 11.8 Å². The first-order valence-corrected chi connectivity index (χ1v) is 10.8. The fraction of sp³-hybridized carbons (Fsp3) is 0.500. The summed E-state index contributed by atoms with van der Waals surface area (Å²) in [7, 11) is 0. The smallest absolute Gasteiger partial charge is 0.325 e. The third kappa shape index (κ3) is 3.96. The number of hydrogen-bond donors (Lipinski definition) is 3. The summed E-state index contributed by atoms with van der Waals surface area (Å²) in [6.45, 7) is 0.622. The first-order valence-electron chi connectivity index (χ1n) is 9.96. The lowest BCUT2D eigenvalue weighted by atomic mass is 9.98. The molecule has 0 bridgehead atoms. The molecular formula is C20H24N4O4S. The minimum atomic E-state index is -0.692. The van der Waals surface area contributed by atoms with Crippen LogP contribution in [0.1, 0.15) is 38.5 Å². The van der Waals surface area contributed by atoms with Gasteiger partial charge < -0.3 is 16.0 Å². The van der Waals surface area contributed by atoms with Crippen LogP contribution in [0.25, 0.3) is 0 Å². The molecule has 9 heteroatoms. The lowest BCUT2D eigenvalue weighted by molar-refractivity contribution is -0.131. The number of carbonyl (C=O) groups excluding carboxylic acids is 4. The predicted molar refractivity (Wildman–Crippen MR) is 108 cm³/mol. The average Bonchev–Trinajstić information content (AvgIpc) is 3.25. The van der Waals surface area contributed by atoms with E-state index in [2.05, 4.69) is 16.0 Å². The fourth-order valence-corrected chi connectivity index (χ4v) is 5.24. The van der Waals surface area contributed by atoms with Crippen molar-refractivity contribution in [3.63, 3.8) is 0 Å². The van der Waals surface area contributed by atoms with Crippen LogP contribution < -0.4 is 16.0 Å². The number of fused-ring (bicyclic) bond motifs is 1. The van der Waals surface area contributed by atoms with E-state index in [1.165, 1.54) is 16.7 Å². The van der Waals surface area contributed by atoms with Crippen LogP contribution in [0.3, 0.4) is 0 Å². The Bertz CT molecular complexity index is 853. The molecule has 3 aliphatic rings. The van der Waals surface area contributed by atoms with Crippen LogP contribution in [0, 0.1) is 0 Å². The predicted octanol–water partition coefficient (Wildman–Crippen LogP) is 1.86. The van der Waals surface area contributed by atoms with Crippen molar-refractivity contribution in [2.24, 2.45) is 0 Å². The second-order valence-electron chi connectivity index (χ2n) is 7.68. The van der Waals surface area contributed by atoms with Gasteiger partial charge in [0, 0.05) is 24.4 Å². The summed E-state index contributed by atoms with van der Waals surface area (Å²) in [5, 5.41) is 7.99. The van der Waals surface area contributed by atoms with Crippen LogP contribution in [-0.4, -0.2) is 52.5 Å². The minimum Gasteiger partial charge on any atom is -0.356 e. The van der Waals surface area contributed by atoms with Gasteiger partial charge in [-0.05, 0) is 31.4 Å². The highest BCUT2D eigenvalue weighted by molar-refractivity contribution is 8.01. The number of para-hydroxylation sites is 1. The largest absolute Gasteiger partial charge is 0.356 e. The van der Waals surface area contributed by atoms with E-state index in [1.807, 2.05) is 24.3 Å². The first kappa shape index (κ1) is 19.8. The third-order valence-electron chi connectivity index (χ3n) is 5.66. The summed E-state index contributed by atoms with van der Waals surface area (Å²) in [5.41, 5.74) is 0.0788. The molecule has 1 atom stereocenters. The molecule has 5 amide bonds. The molecule has 1 aromatic carbocycles. The molecule has 2 heterocycles. The lowest BCUT2D eigenvalue weighted by Crippen LogP contribution is -2.44. The topological polar surface area (TPSA) is 108 Å². The molecule has 1 aliphatic carbocycles. The SMILES string of the molecule is O=C(CC1Sc2ccccc2NC1=O)NCCCN1C(=O)NC2(CCCC2)C1=O. The van der Waals surface area contributed by atoms with Crippen molar-refractivity contribution in [1.29, 1.82) is 0 Å². The standard InChI is InChI=1S/C20H24N4O4S/c25-16(12-15-17(26)22-13-6-1-2-7-14(13)29-15)21-10-5-11-24-18(27)20(23-19(24)28)8-3-4-9-20/h1-2,6-7,15H,3-5,8-12H2,(H,21,25)(H,22,26)(H,23,28). The van der Waals surface area contributed by atoms with Gasteiger partial charge >= 0.3 is 6.03 Å². The number of carbonyl (C=O) groups is 4. The minimum absolute atomic E-state index is 0.0804. The molecule has 1 saturated carbocycles. The Morgan fingerprint density at radius 3 is 2.76 bits per heavy atom. The van der Waals surface area contributed by atoms with Crippen molar-refractivity contribution in [2.75, 3.05) is 18.4 Å². The second kappa shape index (κ2) is 8.06. The maximum atomic E-state index is 12.6. The van der Waals surface area contributed by atoms with E-state index in [-0.39, 0.29) is 36.7 Å². The van der Waals surface area contributed by atoms with Crippen molar-refractivity contribution in [3.8, 4) is 0 Å². The molecule has 1 unspecified atom stereocenters. The second-order valence-corrected chi connectivity index (χ2v) is 8.92. The zero-order chi connectivity index (χ0) is 20.4. The van der Waals surface area contributed by atoms with Gasteiger partial charge in [0.15, 0.2) is 0 Å². The monoisotopic (exact) mass is 416 g/mol. The van der Waals surface area contributed by atoms with Gasteiger partial charge in [0.25, 0.3) is 5.91 Å². The first-order chi connectivity index (χ1) is 14.0. The summed E-state index contributed by atoms with van der Waals surface area (Å²) >= 11 is 1.39.